The third kappa shape index (κ3) is 2.99. The molecule has 19 heavy (non-hydrogen) atoms. The van der Waals surface area contributed by atoms with Crippen LogP contribution in [0, 0.1) is 0 Å². The highest BCUT2D eigenvalue weighted by atomic mass is 35.5. The van der Waals surface area contributed by atoms with Crippen molar-refractivity contribution in [2.45, 2.75) is 6.08 Å². The topological polar surface area (TPSA) is 95.7 Å². The molecule has 0 fully saturated rings. The summed E-state index contributed by atoms with van der Waals surface area (Å²) in [6.07, 6.45) is -1.43. The van der Waals surface area contributed by atoms with E-state index in [-0.39, 0.29) is 5.56 Å². The van der Waals surface area contributed by atoms with Crippen molar-refractivity contribution in [1.29, 1.82) is 0 Å². The third-order valence-corrected chi connectivity index (χ3v) is 2.91. The number of hydrogen-bond acceptors (Lipinski definition) is 6. The molecular formula is C11H10ClNO5S. The second-order valence-corrected chi connectivity index (χ2v) is 5.76. The van der Waals surface area contributed by atoms with Crippen LogP contribution in [-0.2, 0) is 23.8 Å². The number of carbonyl (C=O) groups excluding carboxylic acids is 1. The Kier molecular flexibility index (Phi) is 3.08. The van der Waals surface area contributed by atoms with Crippen LogP contribution in [0.2, 0.25) is 5.02 Å². The summed E-state index contributed by atoms with van der Waals surface area (Å²) in [6.45, 7) is 0. The van der Waals surface area contributed by atoms with E-state index in [1.807, 2.05) is 0 Å². The molecular weight excluding hydrogens is 294 g/mol. The summed E-state index contributed by atoms with van der Waals surface area (Å²) in [4.78, 5) is 12.1. The molecule has 0 amide bonds. The molecule has 102 valence electrons. The SMILES string of the molecule is [2H]C1(c2ccc(Cl)cc2)OC(N)=C(OS(C)(=O)=O)C1=O. The third-order valence-electron chi connectivity index (χ3n) is 2.19. The predicted octanol–water partition coefficient (Wildman–Crippen LogP) is 1.08. The van der Waals surface area contributed by atoms with Gasteiger partial charge in [-0.2, -0.15) is 8.42 Å². The summed E-state index contributed by atoms with van der Waals surface area (Å²) in [5.74, 6) is -2.24. The number of carbonyl (C=O) groups is 1. The minimum atomic E-state index is -3.96. The molecule has 2 rings (SSSR count). The summed E-state index contributed by atoms with van der Waals surface area (Å²) in [6, 6.07) is 5.75. The molecule has 6 nitrogen and oxygen atoms in total. The van der Waals surface area contributed by atoms with Crippen LogP contribution in [0.25, 0.3) is 0 Å². The van der Waals surface area contributed by atoms with Crippen LogP contribution in [0.5, 0.6) is 0 Å². The van der Waals surface area contributed by atoms with Gasteiger partial charge in [-0.3, -0.25) is 4.79 Å². The molecule has 0 radical (unpaired) electrons. The molecule has 0 bridgehead atoms. The average Bonchev–Trinajstić information content (AvgIpc) is 2.53. The monoisotopic (exact) mass is 304 g/mol. The first kappa shape index (κ1) is 12.3. The van der Waals surface area contributed by atoms with Gasteiger partial charge in [0.15, 0.2) is 6.08 Å². The first-order valence-corrected chi connectivity index (χ1v) is 7.22. The molecule has 0 aromatic heterocycles. The zero-order valence-electron chi connectivity index (χ0n) is 10.7. The summed E-state index contributed by atoms with van der Waals surface area (Å²) in [7, 11) is -3.96. The molecule has 1 unspecified atom stereocenters. The van der Waals surface area contributed by atoms with Crippen LogP contribution >= 0.6 is 11.6 Å². The van der Waals surface area contributed by atoms with Crippen molar-refractivity contribution in [2.75, 3.05) is 6.26 Å². The zero-order valence-corrected chi connectivity index (χ0v) is 11.3. The van der Waals surface area contributed by atoms with Gasteiger partial charge >= 0.3 is 10.1 Å². The van der Waals surface area contributed by atoms with Crippen molar-refractivity contribution in [3.8, 4) is 0 Å². The lowest BCUT2D eigenvalue weighted by Crippen LogP contribution is -2.14. The van der Waals surface area contributed by atoms with Gasteiger partial charge in [0, 0.05) is 10.6 Å². The standard InChI is InChI=1S/C11H10ClNO5S/c1-19(15,16)18-10-8(14)9(17-11(10)13)6-2-4-7(12)5-3-6/h2-5,9H,13H2,1H3/i9D. The number of ether oxygens (including phenoxy) is 1. The van der Waals surface area contributed by atoms with E-state index in [1.165, 1.54) is 24.3 Å². The lowest BCUT2D eigenvalue weighted by Gasteiger charge is -2.09. The second kappa shape index (κ2) is 4.75. The summed E-state index contributed by atoms with van der Waals surface area (Å²) < 4.78 is 39.7. The average molecular weight is 305 g/mol. The number of hydrogen-bond donors (Lipinski definition) is 1. The van der Waals surface area contributed by atoms with Gasteiger partial charge in [0.1, 0.15) is 0 Å². The van der Waals surface area contributed by atoms with Crippen LogP contribution in [0.1, 0.15) is 13.0 Å². The van der Waals surface area contributed by atoms with Crippen LogP contribution in [0.3, 0.4) is 0 Å². The summed E-state index contributed by atoms with van der Waals surface area (Å²) in [5.41, 5.74) is 5.58. The highest BCUT2D eigenvalue weighted by Gasteiger charge is 2.38. The molecule has 1 aliphatic heterocycles. The number of nitrogens with two attached hydrogens (primary N) is 1. The van der Waals surface area contributed by atoms with Crippen molar-refractivity contribution in [3.63, 3.8) is 0 Å². The largest absolute Gasteiger partial charge is 0.460 e. The fourth-order valence-corrected chi connectivity index (χ4v) is 2.03. The van der Waals surface area contributed by atoms with E-state index in [0.29, 0.717) is 5.02 Å². The zero-order chi connectivity index (χ0) is 15.1. The molecule has 0 aliphatic carbocycles. The normalized spacial score (nSPS) is 24.1. The van der Waals surface area contributed by atoms with E-state index in [9.17, 15) is 13.2 Å². The smallest absolute Gasteiger partial charge is 0.306 e. The van der Waals surface area contributed by atoms with Gasteiger partial charge in [0.25, 0.3) is 0 Å². The number of benzene rings is 1. The lowest BCUT2D eigenvalue weighted by atomic mass is 10.1. The van der Waals surface area contributed by atoms with Crippen molar-refractivity contribution in [2.24, 2.45) is 5.73 Å². The van der Waals surface area contributed by atoms with E-state index in [2.05, 4.69) is 4.18 Å². The summed E-state index contributed by atoms with van der Waals surface area (Å²) in [5, 5.41) is 0.413. The highest BCUT2D eigenvalue weighted by Crippen LogP contribution is 2.32. The van der Waals surface area contributed by atoms with Crippen molar-refractivity contribution >= 4 is 27.5 Å². The molecule has 0 saturated heterocycles. The Balaban J connectivity index is 2.39. The van der Waals surface area contributed by atoms with Crippen LogP contribution in [-0.4, -0.2) is 20.5 Å². The molecule has 8 heteroatoms. The van der Waals surface area contributed by atoms with Gasteiger partial charge in [0.05, 0.1) is 7.63 Å². The van der Waals surface area contributed by atoms with Gasteiger partial charge in [-0.25, -0.2) is 0 Å². The maximum atomic E-state index is 12.1. The quantitative estimate of drug-likeness (QED) is 0.840. The maximum Gasteiger partial charge on any atom is 0.306 e. The number of Topliss-reactive ketones (excluding diaryl/α,β-unsaturated/α-hetero) is 1. The molecule has 2 N–H and O–H groups in total. The Labute approximate surface area is 116 Å². The van der Waals surface area contributed by atoms with E-state index >= 15 is 0 Å². The van der Waals surface area contributed by atoms with Gasteiger partial charge in [-0.1, -0.05) is 23.7 Å². The molecule has 1 aromatic carbocycles. The van der Waals surface area contributed by atoms with E-state index in [4.69, 9.17) is 23.4 Å². The fraction of sp³-hybridized carbons (Fsp3) is 0.182. The number of ketones is 1. The van der Waals surface area contributed by atoms with Crippen molar-refractivity contribution in [1.82, 2.24) is 0 Å². The van der Waals surface area contributed by atoms with Crippen molar-refractivity contribution < 1.29 is 23.5 Å². The predicted molar refractivity (Wildman–Crippen MR) is 67.4 cm³/mol. The Morgan fingerprint density at radius 2 is 2.00 bits per heavy atom. The molecule has 1 atom stereocenters. The van der Waals surface area contributed by atoms with Crippen LogP contribution < -0.4 is 5.73 Å². The van der Waals surface area contributed by atoms with Crippen molar-refractivity contribution in [3.05, 3.63) is 46.5 Å². The Morgan fingerprint density at radius 1 is 1.42 bits per heavy atom. The van der Waals surface area contributed by atoms with Gasteiger partial charge in [-0.15, -0.1) is 0 Å². The van der Waals surface area contributed by atoms with Crippen LogP contribution in [0.4, 0.5) is 0 Å². The van der Waals surface area contributed by atoms with E-state index in [0.717, 1.165) is 6.26 Å². The Morgan fingerprint density at radius 3 is 2.53 bits per heavy atom. The number of halogens is 1. The van der Waals surface area contributed by atoms with E-state index < -0.39 is 33.6 Å². The van der Waals surface area contributed by atoms with Crippen LogP contribution in [0.15, 0.2) is 35.9 Å². The molecule has 0 spiro atoms. The lowest BCUT2D eigenvalue weighted by molar-refractivity contribution is -0.123. The van der Waals surface area contributed by atoms with Gasteiger partial charge in [0.2, 0.25) is 17.4 Å². The molecule has 1 heterocycles. The first-order valence-electron chi connectivity index (χ1n) is 5.52. The second-order valence-electron chi connectivity index (χ2n) is 3.75. The van der Waals surface area contributed by atoms with Gasteiger partial charge < -0.3 is 14.7 Å². The minimum Gasteiger partial charge on any atom is -0.460 e. The Bertz CT molecular complexity index is 700. The van der Waals surface area contributed by atoms with Gasteiger partial charge in [-0.05, 0) is 12.1 Å². The number of rotatable bonds is 3. The molecule has 0 saturated carbocycles. The molecule has 1 aromatic rings. The summed E-state index contributed by atoms with van der Waals surface area (Å²) >= 11 is 5.72. The molecule has 1 aliphatic rings. The van der Waals surface area contributed by atoms with E-state index in [1.54, 1.807) is 0 Å². The Hall–Kier alpha value is -1.73. The minimum absolute atomic E-state index is 0.155. The first-order chi connectivity index (χ1) is 9.13. The maximum absolute atomic E-state index is 12.1. The highest BCUT2D eigenvalue weighted by molar-refractivity contribution is 7.86. The fourth-order valence-electron chi connectivity index (χ4n) is 1.44.